The van der Waals surface area contributed by atoms with E-state index in [1.165, 1.54) is 0 Å². The molecular weight excluding hydrogens is 178 g/mol. The number of methoxy groups -OCH3 is 1. The number of nitrogens with two attached hydrogens (primary N) is 1. The van der Waals surface area contributed by atoms with Crippen molar-refractivity contribution in [3.05, 3.63) is 0 Å². The fourth-order valence-electron chi connectivity index (χ4n) is 1.66. The van der Waals surface area contributed by atoms with Crippen molar-refractivity contribution in [2.24, 2.45) is 5.73 Å². The van der Waals surface area contributed by atoms with Crippen LogP contribution in [-0.4, -0.2) is 38.3 Å². The van der Waals surface area contributed by atoms with Gasteiger partial charge in [0.15, 0.2) is 0 Å². The van der Waals surface area contributed by atoms with Crippen LogP contribution in [0.15, 0.2) is 0 Å². The van der Waals surface area contributed by atoms with E-state index in [2.05, 4.69) is 5.32 Å². The predicted octanol–water partition coefficient (Wildman–Crippen LogP) is 0.347. The van der Waals surface area contributed by atoms with Gasteiger partial charge in [-0.3, -0.25) is 0 Å². The fraction of sp³-hybridized carbons (Fsp3) is 1.00. The van der Waals surface area contributed by atoms with E-state index in [1.54, 1.807) is 7.11 Å². The second kappa shape index (κ2) is 4.30. The van der Waals surface area contributed by atoms with Crippen molar-refractivity contribution in [1.29, 1.82) is 0 Å². The minimum absolute atomic E-state index is 0.175. The molecule has 1 fully saturated rings. The molecule has 3 nitrogen and oxygen atoms in total. The number of hydrogen-bond donors (Lipinski definition) is 2. The highest BCUT2D eigenvalue weighted by Crippen LogP contribution is 2.33. The summed E-state index contributed by atoms with van der Waals surface area (Å²) in [5, 5.41) is 2.79. The van der Waals surface area contributed by atoms with E-state index in [-0.39, 0.29) is 18.2 Å². The highest BCUT2D eigenvalue weighted by molar-refractivity contribution is 5.02. The molecule has 0 amide bonds. The van der Waals surface area contributed by atoms with Crippen molar-refractivity contribution in [2.45, 2.75) is 30.9 Å². The molecule has 0 heterocycles. The average molecular weight is 194 g/mol. The van der Waals surface area contributed by atoms with Crippen LogP contribution >= 0.6 is 0 Å². The summed E-state index contributed by atoms with van der Waals surface area (Å²) in [5.41, 5.74) is 5.20. The van der Waals surface area contributed by atoms with E-state index in [4.69, 9.17) is 10.5 Å². The van der Waals surface area contributed by atoms with Crippen molar-refractivity contribution in [1.82, 2.24) is 5.32 Å². The molecule has 1 saturated carbocycles. The van der Waals surface area contributed by atoms with Gasteiger partial charge < -0.3 is 15.8 Å². The van der Waals surface area contributed by atoms with Gasteiger partial charge >= 0.3 is 0 Å². The topological polar surface area (TPSA) is 47.3 Å². The molecule has 0 aliphatic heterocycles. The van der Waals surface area contributed by atoms with E-state index in [9.17, 15) is 8.78 Å². The molecule has 0 aromatic rings. The van der Waals surface area contributed by atoms with Gasteiger partial charge in [-0.15, -0.1) is 0 Å². The molecular formula is C8H16F2N2O. The molecule has 0 saturated heterocycles. The maximum Gasteiger partial charge on any atom is 0.250 e. The predicted molar refractivity (Wildman–Crippen MR) is 45.8 cm³/mol. The van der Waals surface area contributed by atoms with Crippen LogP contribution in [0.3, 0.4) is 0 Å². The Bertz CT molecular complexity index is 160. The lowest BCUT2D eigenvalue weighted by molar-refractivity contribution is -0.0320. The largest absolute Gasteiger partial charge is 0.381 e. The molecule has 0 aromatic heterocycles. The van der Waals surface area contributed by atoms with Crippen LogP contribution in [0.1, 0.15) is 12.8 Å². The Balaban J connectivity index is 2.28. The standard InChI is InChI=1S/C8H16F2N2O/c1-13-6-2-8(3-6,5-11)12-4-7(9)10/h6-7,12H,2-5,11H2,1H3. The second-order valence-corrected chi connectivity index (χ2v) is 3.52. The Morgan fingerprint density at radius 1 is 1.62 bits per heavy atom. The second-order valence-electron chi connectivity index (χ2n) is 3.52. The Hall–Kier alpha value is -0.260. The summed E-state index contributed by atoms with van der Waals surface area (Å²) in [4.78, 5) is 0. The van der Waals surface area contributed by atoms with E-state index in [0.29, 0.717) is 6.54 Å². The summed E-state index contributed by atoms with van der Waals surface area (Å²) >= 11 is 0. The lowest BCUT2D eigenvalue weighted by atomic mass is 9.74. The fourth-order valence-corrected chi connectivity index (χ4v) is 1.66. The normalized spacial score (nSPS) is 33.5. The maximum atomic E-state index is 11.9. The van der Waals surface area contributed by atoms with Gasteiger partial charge in [0, 0.05) is 19.2 Å². The molecule has 78 valence electrons. The number of alkyl halides is 2. The first-order valence-electron chi connectivity index (χ1n) is 4.38. The summed E-state index contributed by atoms with van der Waals surface area (Å²) in [6, 6.07) is 0. The summed E-state index contributed by atoms with van der Waals surface area (Å²) in [5.74, 6) is 0. The van der Waals surface area contributed by atoms with Gasteiger partial charge in [-0.2, -0.15) is 0 Å². The van der Waals surface area contributed by atoms with E-state index < -0.39 is 6.43 Å². The smallest absolute Gasteiger partial charge is 0.250 e. The number of hydrogen-bond acceptors (Lipinski definition) is 3. The molecule has 1 aliphatic rings. The Morgan fingerprint density at radius 3 is 2.62 bits per heavy atom. The van der Waals surface area contributed by atoms with Crippen molar-refractivity contribution < 1.29 is 13.5 Å². The van der Waals surface area contributed by atoms with Gasteiger partial charge in [0.2, 0.25) is 0 Å². The van der Waals surface area contributed by atoms with Crippen molar-refractivity contribution >= 4 is 0 Å². The monoisotopic (exact) mass is 194 g/mol. The maximum absolute atomic E-state index is 11.9. The lowest BCUT2D eigenvalue weighted by Crippen LogP contribution is -2.63. The van der Waals surface area contributed by atoms with Crippen LogP contribution in [-0.2, 0) is 4.74 Å². The summed E-state index contributed by atoms with van der Waals surface area (Å²) in [6.07, 6.45) is -0.682. The third kappa shape index (κ3) is 2.59. The van der Waals surface area contributed by atoms with Crippen molar-refractivity contribution in [3.63, 3.8) is 0 Å². The molecule has 0 bridgehead atoms. The third-order valence-corrected chi connectivity index (χ3v) is 2.59. The summed E-state index contributed by atoms with van der Waals surface area (Å²) < 4.78 is 28.9. The van der Waals surface area contributed by atoms with Crippen molar-refractivity contribution in [2.75, 3.05) is 20.2 Å². The summed E-state index contributed by atoms with van der Waals surface area (Å²) in [6.45, 7) is 0.104. The van der Waals surface area contributed by atoms with E-state index in [0.717, 1.165) is 12.8 Å². The van der Waals surface area contributed by atoms with Gasteiger partial charge in [0.25, 0.3) is 6.43 Å². The Kier molecular flexibility index (Phi) is 3.58. The lowest BCUT2D eigenvalue weighted by Gasteiger charge is -2.47. The van der Waals surface area contributed by atoms with Gasteiger partial charge in [0.1, 0.15) is 0 Å². The molecule has 0 aromatic carbocycles. The molecule has 13 heavy (non-hydrogen) atoms. The van der Waals surface area contributed by atoms with Crippen molar-refractivity contribution in [3.8, 4) is 0 Å². The average Bonchev–Trinajstić information content (AvgIpc) is 2.03. The Morgan fingerprint density at radius 2 is 2.23 bits per heavy atom. The first kappa shape index (κ1) is 10.8. The number of nitrogens with one attached hydrogen (secondary N) is 1. The molecule has 1 aliphatic carbocycles. The van der Waals surface area contributed by atoms with Gasteiger partial charge in [0.05, 0.1) is 12.6 Å². The van der Waals surface area contributed by atoms with Crippen LogP contribution in [0.25, 0.3) is 0 Å². The first-order valence-corrected chi connectivity index (χ1v) is 4.38. The van der Waals surface area contributed by atoms with Crippen LogP contribution in [0.5, 0.6) is 0 Å². The number of ether oxygens (including phenoxy) is 1. The SMILES string of the molecule is COC1CC(CN)(NCC(F)F)C1. The summed E-state index contributed by atoms with van der Waals surface area (Å²) in [7, 11) is 1.62. The molecule has 0 unspecified atom stereocenters. The number of halogens is 2. The molecule has 0 atom stereocenters. The van der Waals surface area contributed by atoms with Gasteiger partial charge in [-0.05, 0) is 12.8 Å². The first-order chi connectivity index (χ1) is 6.12. The van der Waals surface area contributed by atoms with Crippen LogP contribution in [0, 0.1) is 0 Å². The minimum Gasteiger partial charge on any atom is -0.381 e. The third-order valence-electron chi connectivity index (χ3n) is 2.59. The van der Waals surface area contributed by atoms with Crippen LogP contribution < -0.4 is 11.1 Å². The van der Waals surface area contributed by atoms with Gasteiger partial charge in [-0.1, -0.05) is 0 Å². The van der Waals surface area contributed by atoms with E-state index >= 15 is 0 Å². The van der Waals surface area contributed by atoms with E-state index in [1.807, 2.05) is 0 Å². The van der Waals surface area contributed by atoms with Crippen LogP contribution in [0.4, 0.5) is 8.78 Å². The molecule has 0 radical (unpaired) electrons. The number of rotatable bonds is 5. The molecule has 5 heteroatoms. The highest BCUT2D eigenvalue weighted by atomic mass is 19.3. The molecule has 0 spiro atoms. The zero-order valence-electron chi connectivity index (χ0n) is 7.72. The quantitative estimate of drug-likeness (QED) is 0.663. The molecule has 3 N–H and O–H groups in total. The molecule has 1 rings (SSSR count). The minimum atomic E-state index is -2.31. The van der Waals surface area contributed by atoms with Crippen LogP contribution in [0.2, 0.25) is 0 Å². The zero-order chi connectivity index (χ0) is 9.90. The zero-order valence-corrected chi connectivity index (χ0v) is 7.72. The highest BCUT2D eigenvalue weighted by Gasteiger charge is 2.43. The Labute approximate surface area is 76.6 Å². The van der Waals surface area contributed by atoms with Gasteiger partial charge in [-0.25, -0.2) is 8.78 Å².